The molecule has 128 valence electrons. The Bertz CT molecular complexity index is 706. The summed E-state index contributed by atoms with van der Waals surface area (Å²) in [6, 6.07) is 7.91. The summed E-state index contributed by atoms with van der Waals surface area (Å²) in [6.45, 7) is 7.84. The third kappa shape index (κ3) is 3.66. The van der Waals surface area contributed by atoms with E-state index in [0.29, 0.717) is 5.92 Å². The van der Waals surface area contributed by atoms with Gasteiger partial charge in [0.15, 0.2) is 0 Å². The molecule has 2 aromatic rings. The summed E-state index contributed by atoms with van der Waals surface area (Å²) in [5.41, 5.74) is 2.85. The topological polar surface area (TPSA) is 46.3 Å². The molecule has 1 amide bonds. The van der Waals surface area contributed by atoms with Gasteiger partial charge in [0.1, 0.15) is 5.76 Å². The molecule has 0 aliphatic carbocycles. The third-order valence-corrected chi connectivity index (χ3v) is 5.71. The van der Waals surface area contributed by atoms with Crippen LogP contribution in [0.25, 0.3) is 0 Å². The number of carbonyl (C=O) groups excluding carboxylic acids is 1. The maximum atomic E-state index is 12.9. The molecule has 1 aromatic heterocycles. The number of benzene rings is 1. The Balaban J connectivity index is 1.76. The first kappa shape index (κ1) is 17.1. The second-order valence-electron chi connectivity index (χ2n) is 6.59. The van der Waals surface area contributed by atoms with Crippen molar-refractivity contribution in [3.8, 4) is 0 Å². The SMILES string of the molecule is Cc1noc(C)c1CSc1ccccc1C(=O)N1CCCC(C)C1. The maximum absolute atomic E-state index is 12.9. The zero-order valence-corrected chi connectivity index (χ0v) is 15.4. The molecule has 0 bridgehead atoms. The molecular formula is C19H24N2O2S. The number of nitrogens with zero attached hydrogens (tertiary/aromatic N) is 2. The van der Waals surface area contributed by atoms with Crippen molar-refractivity contribution in [2.45, 2.75) is 44.3 Å². The van der Waals surface area contributed by atoms with Gasteiger partial charge in [0, 0.05) is 29.3 Å². The van der Waals surface area contributed by atoms with E-state index >= 15 is 0 Å². The fourth-order valence-electron chi connectivity index (χ4n) is 3.17. The lowest BCUT2D eigenvalue weighted by molar-refractivity contribution is 0.0679. The minimum Gasteiger partial charge on any atom is -0.361 e. The van der Waals surface area contributed by atoms with Crippen LogP contribution in [-0.2, 0) is 5.75 Å². The predicted molar refractivity (Wildman–Crippen MR) is 96.3 cm³/mol. The smallest absolute Gasteiger partial charge is 0.254 e. The van der Waals surface area contributed by atoms with Crippen molar-refractivity contribution in [3.05, 3.63) is 46.8 Å². The molecule has 5 heteroatoms. The lowest BCUT2D eigenvalue weighted by atomic mass is 9.99. The lowest BCUT2D eigenvalue weighted by Gasteiger charge is -2.31. The Morgan fingerprint density at radius 2 is 2.17 bits per heavy atom. The normalized spacial score (nSPS) is 18.0. The van der Waals surface area contributed by atoms with Gasteiger partial charge in [-0.15, -0.1) is 11.8 Å². The zero-order valence-electron chi connectivity index (χ0n) is 14.5. The van der Waals surface area contributed by atoms with E-state index in [1.807, 2.05) is 43.0 Å². The average molecular weight is 344 g/mol. The van der Waals surface area contributed by atoms with Gasteiger partial charge in [0.05, 0.1) is 11.3 Å². The highest BCUT2D eigenvalue weighted by Crippen LogP contribution is 2.30. The molecular weight excluding hydrogens is 320 g/mol. The lowest BCUT2D eigenvalue weighted by Crippen LogP contribution is -2.39. The summed E-state index contributed by atoms with van der Waals surface area (Å²) in [5.74, 6) is 2.36. The van der Waals surface area contributed by atoms with E-state index in [9.17, 15) is 4.79 Å². The molecule has 1 aromatic carbocycles. The van der Waals surface area contributed by atoms with Gasteiger partial charge in [-0.05, 0) is 44.7 Å². The van der Waals surface area contributed by atoms with E-state index in [-0.39, 0.29) is 5.91 Å². The van der Waals surface area contributed by atoms with Crippen LogP contribution >= 0.6 is 11.8 Å². The standard InChI is InChI=1S/C19H24N2O2S/c1-13-7-6-10-21(11-13)19(22)16-8-4-5-9-18(16)24-12-17-14(2)20-23-15(17)3/h4-5,8-9,13H,6-7,10-12H2,1-3H3. The van der Waals surface area contributed by atoms with Crippen LogP contribution in [0, 0.1) is 19.8 Å². The predicted octanol–water partition coefficient (Wildman–Crippen LogP) is 4.46. The molecule has 24 heavy (non-hydrogen) atoms. The summed E-state index contributed by atoms with van der Waals surface area (Å²) >= 11 is 1.68. The summed E-state index contributed by atoms with van der Waals surface area (Å²) in [6.07, 6.45) is 2.31. The first-order valence-electron chi connectivity index (χ1n) is 8.49. The Morgan fingerprint density at radius 3 is 2.88 bits per heavy atom. The van der Waals surface area contributed by atoms with Gasteiger partial charge < -0.3 is 9.42 Å². The zero-order chi connectivity index (χ0) is 17.1. The highest BCUT2D eigenvalue weighted by atomic mass is 32.2. The molecule has 1 unspecified atom stereocenters. The maximum Gasteiger partial charge on any atom is 0.254 e. The van der Waals surface area contributed by atoms with E-state index in [1.54, 1.807) is 11.8 Å². The van der Waals surface area contributed by atoms with Crippen molar-refractivity contribution in [2.24, 2.45) is 5.92 Å². The molecule has 0 saturated carbocycles. The van der Waals surface area contributed by atoms with E-state index < -0.39 is 0 Å². The number of carbonyl (C=O) groups is 1. The highest BCUT2D eigenvalue weighted by Gasteiger charge is 2.24. The van der Waals surface area contributed by atoms with Crippen LogP contribution in [-0.4, -0.2) is 29.1 Å². The number of aryl methyl sites for hydroxylation is 2. The van der Waals surface area contributed by atoms with E-state index in [2.05, 4.69) is 12.1 Å². The number of likely N-dealkylation sites (tertiary alicyclic amines) is 1. The second-order valence-corrected chi connectivity index (χ2v) is 7.60. The molecule has 0 radical (unpaired) electrons. The minimum atomic E-state index is 0.156. The third-order valence-electron chi connectivity index (χ3n) is 4.61. The van der Waals surface area contributed by atoms with Crippen molar-refractivity contribution >= 4 is 17.7 Å². The molecule has 1 saturated heterocycles. The van der Waals surface area contributed by atoms with Gasteiger partial charge in [-0.2, -0.15) is 0 Å². The van der Waals surface area contributed by atoms with Gasteiger partial charge in [-0.3, -0.25) is 4.79 Å². The van der Waals surface area contributed by atoms with Gasteiger partial charge in [0.2, 0.25) is 0 Å². The summed E-state index contributed by atoms with van der Waals surface area (Å²) < 4.78 is 5.23. The highest BCUT2D eigenvalue weighted by molar-refractivity contribution is 7.98. The summed E-state index contributed by atoms with van der Waals surface area (Å²) in [7, 11) is 0. The Hall–Kier alpha value is -1.75. The number of piperidine rings is 1. The van der Waals surface area contributed by atoms with Crippen molar-refractivity contribution in [1.82, 2.24) is 10.1 Å². The Kier molecular flexibility index (Phi) is 5.29. The molecule has 1 aliphatic rings. The van der Waals surface area contributed by atoms with Crippen molar-refractivity contribution in [2.75, 3.05) is 13.1 Å². The van der Waals surface area contributed by atoms with Crippen LogP contribution in [0.4, 0.5) is 0 Å². The van der Waals surface area contributed by atoms with Gasteiger partial charge >= 0.3 is 0 Å². The number of hydrogen-bond acceptors (Lipinski definition) is 4. The first-order chi connectivity index (χ1) is 11.6. The number of amides is 1. The molecule has 1 aliphatic heterocycles. The molecule has 1 atom stereocenters. The number of aromatic nitrogens is 1. The summed E-state index contributed by atoms with van der Waals surface area (Å²) in [5, 5.41) is 4.00. The van der Waals surface area contributed by atoms with Crippen LogP contribution in [0.5, 0.6) is 0 Å². The quantitative estimate of drug-likeness (QED) is 0.769. The Labute approximate surface area is 147 Å². The van der Waals surface area contributed by atoms with Crippen LogP contribution in [0.1, 0.15) is 47.1 Å². The fraction of sp³-hybridized carbons (Fsp3) is 0.474. The van der Waals surface area contributed by atoms with Crippen LogP contribution in [0.3, 0.4) is 0 Å². The van der Waals surface area contributed by atoms with Crippen LogP contribution in [0.2, 0.25) is 0 Å². The average Bonchev–Trinajstić information content (AvgIpc) is 2.91. The van der Waals surface area contributed by atoms with Crippen molar-refractivity contribution in [3.63, 3.8) is 0 Å². The number of rotatable bonds is 4. The first-order valence-corrected chi connectivity index (χ1v) is 9.47. The largest absolute Gasteiger partial charge is 0.361 e. The van der Waals surface area contributed by atoms with Crippen molar-refractivity contribution < 1.29 is 9.32 Å². The van der Waals surface area contributed by atoms with E-state index in [4.69, 9.17) is 4.52 Å². The number of thioether (sulfide) groups is 1. The second kappa shape index (κ2) is 7.43. The van der Waals surface area contributed by atoms with E-state index in [0.717, 1.165) is 52.7 Å². The van der Waals surface area contributed by atoms with Gasteiger partial charge in [-0.25, -0.2) is 0 Å². The molecule has 2 heterocycles. The molecule has 1 fully saturated rings. The van der Waals surface area contributed by atoms with Gasteiger partial charge in [-0.1, -0.05) is 24.2 Å². The van der Waals surface area contributed by atoms with Gasteiger partial charge in [0.25, 0.3) is 5.91 Å². The minimum absolute atomic E-state index is 0.156. The Morgan fingerprint density at radius 1 is 1.38 bits per heavy atom. The van der Waals surface area contributed by atoms with Crippen molar-refractivity contribution in [1.29, 1.82) is 0 Å². The molecule has 0 spiro atoms. The van der Waals surface area contributed by atoms with Crippen LogP contribution < -0.4 is 0 Å². The van der Waals surface area contributed by atoms with E-state index in [1.165, 1.54) is 6.42 Å². The monoisotopic (exact) mass is 344 g/mol. The van der Waals surface area contributed by atoms with Crippen LogP contribution in [0.15, 0.2) is 33.7 Å². The molecule has 4 nitrogen and oxygen atoms in total. The molecule has 3 rings (SSSR count). The number of hydrogen-bond donors (Lipinski definition) is 0. The summed E-state index contributed by atoms with van der Waals surface area (Å²) in [4.78, 5) is 16.0. The fourth-order valence-corrected chi connectivity index (χ4v) is 4.37. The molecule has 0 N–H and O–H groups in total.